The highest BCUT2D eigenvalue weighted by atomic mass is 19.1. The Morgan fingerprint density at radius 3 is 2.86 bits per heavy atom. The minimum Gasteiger partial charge on any atom is -0.486 e. The van der Waals surface area contributed by atoms with Gasteiger partial charge in [-0.1, -0.05) is 25.1 Å². The molecule has 0 N–H and O–H groups in total. The van der Waals surface area contributed by atoms with Crippen LogP contribution in [-0.2, 0) is 0 Å². The normalized spacial score (nSPS) is 17.0. The van der Waals surface area contributed by atoms with Gasteiger partial charge in [-0.15, -0.1) is 0 Å². The van der Waals surface area contributed by atoms with Gasteiger partial charge in [0.25, 0.3) is 5.91 Å². The summed E-state index contributed by atoms with van der Waals surface area (Å²) in [6, 6.07) is 13.2. The molecular weight excluding hydrogens is 269 g/mol. The van der Waals surface area contributed by atoms with Crippen molar-refractivity contribution in [2.75, 3.05) is 11.4 Å². The van der Waals surface area contributed by atoms with E-state index in [1.54, 1.807) is 17.0 Å². The molecular formula is C17H16FNO2. The van der Waals surface area contributed by atoms with Crippen molar-refractivity contribution in [1.29, 1.82) is 0 Å². The van der Waals surface area contributed by atoms with Gasteiger partial charge in [0.2, 0.25) is 0 Å². The minimum absolute atomic E-state index is 0.0441. The summed E-state index contributed by atoms with van der Waals surface area (Å²) in [7, 11) is 0. The van der Waals surface area contributed by atoms with Crippen molar-refractivity contribution >= 4 is 11.6 Å². The number of benzene rings is 2. The van der Waals surface area contributed by atoms with E-state index in [1.165, 1.54) is 12.1 Å². The number of amides is 1. The summed E-state index contributed by atoms with van der Waals surface area (Å²) in [5, 5.41) is 0. The Balaban J connectivity index is 1.99. The Labute approximate surface area is 123 Å². The molecule has 2 aromatic rings. The maximum atomic E-state index is 13.3. The van der Waals surface area contributed by atoms with Gasteiger partial charge in [0.05, 0.1) is 12.2 Å². The molecule has 3 rings (SSSR count). The van der Waals surface area contributed by atoms with Crippen molar-refractivity contribution in [3.05, 3.63) is 59.9 Å². The summed E-state index contributed by atoms with van der Waals surface area (Å²) in [4.78, 5) is 14.3. The summed E-state index contributed by atoms with van der Waals surface area (Å²) in [5.74, 6) is 0.0819. The third kappa shape index (κ3) is 2.61. The van der Waals surface area contributed by atoms with Crippen LogP contribution in [0.25, 0.3) is 0 Å². The highest BCUT2D eigenvalue weighted by Gasteiger charge is 2.29. The SMILES string of the molecule is CCC1CN(C(=O)c2cccc(F)c2)c2ccccc2O1. The van der Waals surface area contributed by atoms with E-state index in [2.05, 4.69) is 0 Å². The van der Waals surface area contributed by atoms with Crippen LogP contribution in [0, 0.1) is 5.82 Å². The van der Waals surface area contributed by atoms with Gasteiger partial charge in [0.15, 0.2) is 0 Å². The van der Waals surface area contributed by atoms with E-state index >= 15 is 0 Å². The second-order valence-electron chi connectivity index (χ2n) is 5.04. The molecule has 0 saturated carbocycles. The minimum atomic E-state index is -0.408. The lowest BCUT2D eigenvalue weighted by molar-refractivity contribution is 0.0954. The lowest BCUT2D eigenvalue weighted by Gasteiger charge is -2.34. The monoisotopic (exact) mass is 285 g/mol. The predicted molar refractivity (Wildman–Crippen MR) is 79.2 cm³/mol. The second kappa shape index (κ2) is 5.56. The molecule has 1 heterocycles. The van der Waals surface area contributed by atoms with Crippen LogP contribution in [0.15, 0.2) is 48.5 Å². The number of hydrogen-bond acceptors (Lipinski definition) is 2. The smallest absolute Gasteiger partial charge is 0.258 e. The second-order valence-corrected chi connectivity index (χ2v) is 5.04. The lowest BCUT2D eigenvalue weighted by atomic mass is 10.1. The fourth-order valence-electron chi connectivity index (χ4n) is 2.48. The third-order valence-corrected chi connectivity index (χ3v) is 3.61. The zero-order valence-electron chi connectivity index (χ0n) is 11.8. The highest BCUT2D eigenvalue weighted by molar-refractivity contribution is 6.07. The molecule has 0 fully saturated rings. The molecule has 1 aliphatic heterocycles. The van der Waals surface area contributed by atoms with E-state index in [4.69, 9.17) is 4.74 Å². The molecule has 4 heteroatoms. The Bertz CT molecular complexity index is 671. The van der Waals surface area contributed by atoms with Gasteiger partial charge in [-0.3, -0.25) is 4.79 Å². The maximum absolute atomic E-state index is 13.3. The molecule has 0 aromatic heterocycles. The molecule has 0 saturated heterocycles. The Hall–Kier alpha value is -2.36. The van der Waals surface area contributed by atoms with Gasteiger partial charge in [-0.25, -0.2) is 4.39 Å². The zero-order valence-corrected chi connectivity index (χ0v) is 11.8. The number of ether oxygens (including phenoxy) is 1. The number of carbonyl (C=O) groups is 1. The molecule has 1 unspecified atom stereocenters. The fourth-order valence-corrected chi connectivity index (χ4v) is 2.48. The van der Waals surface area contributed by atoms with Gasteiger partial charge < -0.3 is 9.64 Å². The summed E-state index contributed by atoms with van der Waals surface area (Å²) in [5.41, 5.74) is 1.08. The predicted octanol–water partition coefficient (Wildman–Crippen LogP) is 3.64. The molecule has 3 nitrogen and oxygen atoms in total. The van der Waals surface area contributed by atoms with Gasteiger partial charge >= 0.3 is 0 Å². The molecule has 21 heavy (non-hydrogen) atoms. The van der Waals surface area contributed by atoms with Crippen LogP contribution in [0.2, 0.25) is 0 Å². The number of anilines is 1. The molecule has 1 aliphatic rings. The average molecular weight is 285 g/mol. The van der Waals surface area contributed by atoms with Crippen LogP contribution < -0.4 is 9.64 Å². The van der Waals surface area contributed by atoms with Crippen molar-refractivity contribution in [3.8, 4) is 5.75 Å². The lowest BCUT2D eigenvalue weighted by Crippen LogP contribution is -2.43. The van der Waals surface area contributed by atoms with Crippen LogP contribution in [0.3, 0.4) is 0 Å². The van der Waals surface area contributed by atoms with E-state index in [-0.39, 0.29) is 12.0 Å². The number of halogens is 1. The first-order valence-corrected chi connectivity index (χ1v) is 7.02. The summed E-state index contributed by atoms with van der Waals surface area (Å²) >= 11 is 0. The molecule has 1 amide bonds. The standard InChI is InChI=1S/C17H16FNO2/c1-2-14-11-19(15-8-3-4-9-16(15)21-14)17(20)12-6-5-7-13(18)10-12/h3-10,14H,2,11H2,1H3. The number of rotatable bonds is 2. The van der Waals surface area contributed by atoms with Crippen LogP contribution >= 0.6 is 0 Å². The van der Waals surface area contributed by atoms with E-state index < -0.39 is 5.82 Å². The molecule has 1 atom stereocenters. The number of carbonyl (C=O) groups excluding carboxylic acids is 1. The highest BCUT2D eigenvalue weighted by Crippen LogP contribution is 2.34. The Kier molecular flexibility index (Phi) is 3.60. The number of para-hydroxylation sites is 2. The molecule has 0 spiro atoms. The van der Waals surface area contributed by atoms with Crippen LogP contribution in [0.5, 0.6) is 5.75 Å². The van der Waals surface area contributed by atoms with Crippen molar-refractivity contribution in [2.24, 2.45) is 0 Å². The topological polar surface area (TPSA) is 29.5 Å². The number of nitrogens with zero attached hydrogens (tertiary/aromatic N) is 1. The molecule has 2 aromatic carbocycles. The van der Waals surface area contributed by atoms with Crippen molar-refractivity contribution in [3.63, 3.8) is 0 Å². The largest absolute Gasteiger partial charge is 0.486 e. The quantitative estimate of drug-likeness (QED) is 0.843. The zero-order chi connectivity index (χ0) is 14.8. The molecule has 0 aliphatic carbocycles. The van der Waals surface area contributed by atoms with Crippen LogP contribution in [0.4, 0.5) is 10.1 Å². The average Bonchev–Trinajstić information content (AvgIpc) is 2.53. The number of hydrogen-bond donors (Lipinski definition) is 0. The first-order chi connectivity index (χ1) is 10.2. The number of fused-ring (bicyclic) bond motifs is 1. The van der Waals surface area contributed by atoms with Crippen molar-refractivity contribution in [2.45, 2.75) is 19.4 Å². The third-order valence-electron chi connectivity index (χ3n) is 3.61. The summed E-state index contributed by atoms with van der Waals surface area (Å²) in [6.45, 7) is 2.49. The van der Waals surface area contributed by atoms with Crippen molar-refractivity contribution < 1.29 is 13.9 Å². The van der Waals surface area contributed by atoms with Gasteiger partial charge in [0, 0.05) is 5.56 Å². The van der Waals surface area contributed by atoms with Gasteiger partial charge in [0.1, 0.15) is 17.7 Å². The van der Waals surface area contributed by atoms with E-state index in [0.29, 0.717) is 17.9 Å². The van der Waals surface area contributed by atoms with Crippen LogP contribution in [0.1, 0.15) is 23.7 Å². The first kappa shape index (κ1) is 13.6. The van der Waals surface area contributed by atoms with Gasteiger partial charge in [-0.2, -0.15) is 0 Å². The Morgan fingerprint density at radius 1 is 1.29 bits per heavy atom. The van der Waals surface area contributed by atoms with E-state index in [9.17, 15) is 9.18 Å². The summed E-state index contributed by atoms with van der Waals surface area (Å²) < 4.78 is 19.2. The molecule has 0 radical (unpaired) electrons. The van der Waals surface area contributed by atoms with E-state index in [1.807, 2.05) is 31.2 Å². The Morgan fingerprint density at radius 2 is 2.10 bits per heavy atom. The summed E-state index contributed by atoms with van der Waals surface area (Å²) in [6.07, 6.45) is 0.763. The fraction of sp³-hybridized carbons (Fsp3) is 0.235. The molecule has 0 bridgehead atoms. The van der Waals surface area contributed by atoms with E-state index in [0.717, 1.165) is 12.1 Å². The first-order valence-electron chi connectivity index (χ1n) is 7.02. The molecule has 108 valence electrons. The van der Waals surface area contributed by atoms with Crippen LogP contribution in [-0.4, -0.2) is 18.6 Å². The van der Waals surface area contributed by atoms with Gasteiger partial charge in [-0.05, 0) is 36.8 Å². The maximum Gasteiger partial charge on any atom is 0.258 e. The van der Waals surface area contributed by atoms with Crippen molar-refractivity contribution in [1.82, 2.24) is 0 Å².